The van der Waals surface area contributed by atoms with Crippen LogP contribution in [0.25, 0.3) is 33.2 Å². The van der Waals surface area contributed by atoms with Gasteiger partial charge in [0.25, 0.3) is 0 Å². The van der Waals surface area contributed by atoms with Crippen LogP contribution in [0.5, 0.6) is 0 Å². The van der Waals surface area contributed by atoms with Crippen LogP contribution in [0.2, 0.25) is 0 Å². The lowest BCUT2D eigenvalue weighted by Crippen LogP contribution is -2.04. The van der Waals surface area contributed by atoms with Gasteiger partial charge in [-0.15, -0.1) is 16.9 Å². The molecule has 152 valence electrons. The van der Waals surface area contributed by atoms with Crippen molar-refractivity contribution in [2.24, 2.45) is 10.2 Å². The lowest BCUT2D eigenvalue weighted by molar-refractivity contribution is -0.114. The maximum absolute atomic E-state index is 11.3. The van der Waals surface area contributed by atoms with Crippen LogP contribution in [0.15, 0.2) is 87.9 Å². The van der Waals surface area contributed by atoms with Gasteiger partial charge >= 0.3 is 0 Å². The molecule has 5 nitrogen and oxygen atoms in total. The first-order valence-electron chi connectivity index (χ1n) is 9.95. The lowest BCUT2D eigenvalue weighted by atomic mass is 9.95. The minimum Gasteiger partial charge on any atom is -0.444 e. The molecular weight excluding hydrogens is 406 g/mol. The molecule has 4 aromatic rings. The van der Waals surface area contributed by atoms with Crippen LogP contribution in [0.3, 0.4) is 0 Å². The van der Waals surface area contributed by atoms with E-state index in [1.54, 1.807) is 13.1 Å². The van der Waals surface area contributed by atoms with Gasteiger partial charge in [-0.25, -0.2) is 4.98 Å². The van der Waals surface area contributed by atoms with Crippen molar-refractivity contribution in [3.8, 4) is 22.5 Å². The summed E-state index contributed by atoms with van der Waals surface area (Å²) in [5.74, 6) is 1.25. The molecule has 0 bridgehead atoms. The third-order valence-corrected chi connectivity index (χ3v) is 6.22. The van der Waals surface area contributed by atoms with E-state index >= 15 is 0 Å². The summed E-state index contributed by atoms with van der Waals surface area (Å²) in [6.45, 7) is 1.58. The molecular formula is C25H19N3O2S. The normalized spacial score (nSPS) is 13.3. The van der Waals surface area contributed by atoms with E-state index in [0.29, 0.717) is 17.9 Å². The van der Waals surface area contributed by atoms with Gasteiger partial charge in [-0.05, 0) is 58.7 Å². The van der Waals surface area contributed by atoms with Gasteiger partial charge in [-0.1, -0.05) is 36.4 Å². The van der Waals surface area contributed by atoms with Crippen LogP contribution >= 0.6 is 11.8 Å². The Morgan fingerprint density at radius 3 is 2.55 bits per heavy atom. The zero-order valence-corrected chi connectivity index (χ0v) is 17.7. The van der Waals surface area contributed by atoms with Crippen LogP contribution in [-0.4, -0.2) is 27.3 Å². The molecule has 0 radical (unpaired) electrons. The van der Waals surface area contributed by atoms with E-state index in [1.807, 2.05) is 12.1 Å². The lowest BCUT2D eigenvalue weighted by Gasteiger charge is -2.10. The minimum absolute atomic E-state index is 0.132. The summed E-state index contributed by atoms with van der Waals surface area (Å²) in [5, 5.41) is 11.9. The van der Waals surface area contributed by atoms with Crippen LogP contribution in [-0.2, 0) is 4.79 Å². The quantitative estimate of drug-likeness (QED) is 0.394. The minimum atomic E-state index is 0.132. The molecule has 0 N–H and O–H groups in total. The Bertz CT molecular complexity index is 1340. The first-order chi connectivity index (χ1) is 15.2. The van der Waals surface area contributed by atoms with E-state index in [4.69, 9.17) is 4.42 Å². The fourth-order valence-corrected chi connectivity index (χ4v) is 4.29. The van der Waals surface area contributed by atoms with Gasteiger partial charge in [-0.2, -0.15) is 5.10 Å². The smallest absolute Gasteiger partial charge is 0.181 e. The molecule has 31 heavy (non-hydrogen) atoms. The largest absolute Gasteiger partial charge is 0.444 e. The van der Waals surface area contributed by atoms with Crippen molar-refractivity contribution >= 4 is 39.1 Å². The van der Waals surface area contributed by atoms with Gasteiger partial charge in [0.1, 0.15) is 10.8 Å². The number of Topliss-reactive ketones (excluding diaryl/α,β-unsaturated/α-hetero) is 1. The van der Waals surface area contributed by atoms with E-state index in [9.17, 15) is 4.79 Å². The maximum atomic E-state index is 11.3. The third kappa shape index (κ3) is 4.20. The Balaban J connectivity index is 1.53. The second-order valence-corrected chi connectivity index (χ2v) is 8.48. The summed E-state index contributed by atoms with van der Waals surface area (Å²) in [6.07, 6.45) is 3.77. The molecule has 0 spiro atoms. The van der Waals surface area contributed by atoms with E-state index in [0.717, 1.165) is 33.0 Å². The summed E-state index contributed by atoms with van der Waals surface area (Å²) in [6, 6.07) is 21.1. The van der Waals surface area contributed by atoms with Crippen molar-refractivity contribution in [1.29, 1.82) is 0 Å². The van der Waals surface area contributed by atoms with Crippen LogP contribution in [0.4, 0.5) is 0 Å². The standard InChI is InChI=1S/C25H19N3O2S/c1-16(29)14-31-25-12-23(27-28-25)21-9-20(10-22(11-21)24-13-26-15-30-24)19-7-6-17-4-2-3-5-18(17)8-19/h2-11,13,15H,12,14H2,1H3. The number of hydrogen-bond acceptors (Lipinski definition) is 6. The molecule has 0 amide bonds. The second-order valence-electron chi connectivity index (χ2n) is 7.43. The summed E-state index contributed by atoms with van der Waals surface area (Å²) < 4.78 is 5.56. The number of hydrogen-bond donors (Lipinski definition) is 0. The monoisotopic (exact) mass is 425 g/mol. The molecule has 1 aliphatic heterocycles. The number of carbonyl (C=O) groups excluding carboxylic acids is 1. The Hall–Kier alpha value is -3.51. The van der Waals surface area contributed by atoms with Crippen LogP contribution < -0.4 is 0 Å². The number of oxazole rings is 1. The van der Waals surface area contributed by atoms with E-state index in [-0.39, 0.29) is 5.78 Å². The Morgan fingerprint density at radius 2 is 1.74 bits per heavy atom. The summed E-state index contributed by atoms with van der Waals surface area (Å²) >= 11 is 1.45. The second kappa shape index (κ2) is 8.32. The predicted molar refractivity (Wildman–Crippen MR) is 127 cm³/mol. The van der Waals surface area contributed by atoms with Crippen molar-refractivity contribution in [2.75, 3.05) is 5.75 Å². The van der Waals surface area contributed by atoms with Gasteiger partial charge in [0, 0.05) is 12.0 Å². The molecule has 0 unspecified atom stereocenters. The maximum Gasteiger partial charge on any atom is 0.181 e. The van der Waals surface area contributed by atoms with Crippen molar-refractivity contribution in [2.45, 2.75) is 13.3 Å². The molecule has 0 fully saturated rings. The molecule has 0 saturated carbocycles. The fourth-order valence-electron chi connectivity index (χ4n) is 3.59. The van der Waals surface area contributed by atoms with Gasteiger partial charge in [0.05, 0.1) is 17.7 Å². The Labute approximate surface area is 183 Å². The highest BCUT2D eigenvalue weighted by Crippen LogP contribution is 2.32. The number of rotatable bonds is 5. The van der Waals surface area contributed by atoms with E-state index in [1.165, 1.54) is 28.9 Å². The Kier molecular flexibility index (Phi) is 5.22. The van der Waals surface area contributed by atoms with E-state index in [2.05, 4.69) is 63.7 Å². The van der Waals surface area contributed by atoms with Crippen molar-refractivity contribution in [3.63, 3.8) is 0 Å². The molecule has 5 rings (SSSR count). The van der Waals surface area contributed by atoms with Gasteiger partial charge in [0.2, 0.25) is 0 Å². The zero-order valence-electron chi connectivity index (χ0n) is 16.9. The number of nitrogens with zero attached hydrogens (tertiary/aromatic N) is 3. The number of benzene rings is 3. The first-order valence-corrected chi connectivity index (χ1v) is 10.9. The average Bonchev–Trinajstić information content (AvgIpc) is 3.49. The molecule has 1 aromatic heterocycles. The first kappa shape index (κ1) is 19.5. The van der Waals surface area contributed by atoms with Crippen molar-refractivity contribution in [3.05, 3.63) is 78.8 Å². The van der Waals surface area contributed by atoms with E-state index < -0.39 is 0 Å². The van der Waals surface area contributed by atoms with Crippen molar-refractivity contribution in [1.82, 2.24) is 4.98 Å². The molecule has 0 saturated heterocycles. The van der Waals surface area contributed by atoms with Gasteiger partial charge in [-0.3, -0.25) is 4.79 Å². The molecule has 0 atom stereocenters. The van der Waals surface area contributed by atoms with Crippen LogP contribution in [0.1, 0.15) is 18.9 Å². The zero-order chi connectivity index (χ0) is 21.2. The number of fused-ring (bicyclic) bond motifs is 1. The molecule has 2 heterocycles. The number of carbonyl (C=O) groups is 1. The summed E-state index contributed by atoms with van der Waals surface area (Å²) in [4.78, 5) is 15.4. The molecule has 6 heteroatoms. The topological polar surface area (TPSA) is 67.8 Å². The molecule has 0 aliphatic carbocycles. The van der Waals surface area contributed by atoms with Crippen LogP contribution in [0, 0.1) is 0 Å². The highest BCUT2D eigenvalue weighted by atomic mass is 32.2. The van der Waals surface area contributed by atoms with Gasteiger partial charge in [0.15, 0.2) is 12.2 Å². The molecule has 1 aliphatic rings. The number of ketones is 1. The third-order valence-electron chi connectivity index (χ3n) is 5.11. The predicted octanol–water partition coefficient (Wildman–Crippen LogP) is 5.99. The number of aromatic nitrogens is 1. The average molecular weight is 426 g/mol. The summed E-state index contributed by atoms with van der Waals surface area (Å²) in [7, 11) is 0. The highest BCUT2D eigenvalue weighted by molar-refractivity contribution is 8.14. The van der Waals surface area contributed by atoms with Gasteiger partial charge < -0.3 is 4.42 Å². The number of thioether (sulfide) groups is 1. The molecule has 3 aromatic carbocycles. The SMILES string of the molecule is CC(=O)CSC1=NN=C(c2cc(-c3ccc4ccccc4c3)cc(-c3cnco3)c2)C1. The van der Waals surface area contributed by atoms with Crippen molar-refractivity contribution < 1.29 is 9.21 Å². The highest BCUT2D eigenvalue weighted by Gasteiger charge is 2.18. The fraction of sp³-hybridized carbons (Fsp3) is 0.120. The summed E-state index contributed by atoms with van der Waals surface area (Å²) in [5.41, 5.74) is 4.99. The Morgan fingerprint density at radius 1 is 0.935 bits per heavy atom.